The van der Waals surface area contributed by atoms with E-state index in [0.717, 1.165) is 5.56 Å². The Morgan fingerprint density at radius 3 is 2.38 bits per heavy atom. The molecule has 0 unspecified atom stereocenters. The number of nitro groups is 1. The molecule has 0 bridgehead atoms. The summed E-state index contributed by atoms with van der Waals surface area (Å²) in [6.45, 7) is 1.92. The number of carbonyl (C=O) groups excluding carboxylic acids is 1. The summed E-state index contributed by atoms with van der Waals surface area (Å²) < 4.78 is 5.08. The maximum absolute atomic E-state index is 13.5. The summed E-state index contributed by atoms with van der Waals surface area (Å²) in [6.07, 6.45) is 1.54. The van der Waals surface area contributed by atoms with Crippen molar-refractivity contribution in [3.63, 3.8) is 0 Å². The molecule has 0 radical (unpaired) electrons. The van der Waals surface area contributed by atoms with Crippen molar-refractivity contribution in [2.24, 2.45) is 4.99 Å². The second kappa shape index (κ2) is 9.80. The van der Waals surface area contributed by atoms with Gasteiger partial charge in [0.15, 0.2) is 10.9 Å². The molecule has 1 amide bonds. The number of benzene rings is 3. The molecule has 8 nitrogen and oxygen atoms in total. The van der Waals surface area contributed by atoms with E-state index in [1.54, 1.807) is 11.0 Å². The van der Waals surface area contributed by atoms with Crippen LogP contribution in [0.15, 0.2) is 82.7 Å². The van der Waals surface area contributed by atoms with E-state index in [9.17, 15) is 20.0 Å². The molecule has 0 saturated carbocycles. The zero-order valence-electron chi connectivity index (χ0n) is 18.4. The van der Waals surface area contributed by atoms with E-state index >= 15 is 0 Å². The Labute approximate surface area is 200 Å². The van der Waals surface area contributed by atoms with Crippen molar-refractivity contribution in [2.75, 3.05) is 7.11 Å². The van der Waals surface area contributed by atoms with Crippen LogP contribution in [0.1, 0.15) is 24.1 Å². The van der Waals surface area contributed by atoms with Crippen LogP contribution in [0.25, 0.3) is 6.08 Å². The molecule has 4 rings (SSSR count). The number of ether oxygens (including phenoxy) is 1. The lowest BCUT2D eigenvalue weighted by Crippen LogP contribution is -2.32. The third kappa shape index (κ3) is 4.65. The molecule has 1 fully saturated rings. The maximum atomic E-state index is 13.5. The summed E-state index contributed by atoms with van der Waals surface area (Å²) in [7, 11) is 1.30. The SMILES string of the molecule is COc1cc(/C=C2/SC(=Nc3ccccc3)N([C@@H](C)c3ccccc3)C2=O)cc([N+](=O)[O-])c1O. The zero-order chi connectivity index (χ0) is 24.2. The van der Waals surface area contributed by atoms with Gasteiger partial charge in [0.1, 0.15) is 0 Å². The standard InChI is InChI=1S/C25H21N3O5S/c1-16(18-9-5-3-6-10-18)27-24(30)22(34-25(27)26-19-11-7-4-8-12-19)15-17-13-20(28(31)32)23(29)21(14-17)33-2/h3-16,29H,1-2H3/b22-15+,26-25?/t16-/m0/s1. The fourth-order valence-electron chi connectivity index (χ4n) is 3.54. The largest absolute Gasteiger partial charge is 0.500 e. The van der Waals surface area contributed by atoms with E-state index in [2.05, 4.69) is 0 Å². The minimum atomic E-state index is -0.699. The second-order valence-electron chi connectivity index (χ2n) is 7.45. The Kier molecular flexibility index (Phi) is 6.65. The first-order valence-corrected chi connectivity index (χ1v) is 11.2. The molecule has 9 heteroatoms. The molecule has 0 spiro atoms. The average Bonchev–Trinajstić information content (AvgIpc) is 3.14. The number of amides is 1. The van der Waals surface area contributed by atoms with Crippen LogP contribution in [0.2, 0.25) is 0 Å². The summed E-state index contributed by atoms with van der Waals surface area (Å²) in [5.41, 5.74) is 1.49. The fraction of sp³-hybridized carbons (Fsp3) is 0.120. The topological polar surface area (TPSA) is 105 Å². The minimum Gasteiger partial charge on any atom is -0.500 e. The van der Waals surface area contributed by atoms with E-state index in [1.165, 1.54) is 31.0 Å². The van der Waals surface area contributed by atoms with Crippen LogP contribution in [-0.4, -0.2) is 33.1 Å². The lowest BCUT2D eigenvalue weighted by atomic mass is 10.1. The maximum Gasteiger partial charge on any atom is 0.315 e. The van der Waals surface area contributed by atoms with Gasteiger partial charge in [-0.2, -0.15) is 0 Å². The molecule has 34 heavy (non-hydrogen) atoms. The highest BCUT2D eigenvalue weighted by atomic mass is 32.2. The quantitative estimate of drug-likeness (QED) is 0.280. The molecule has 1 atom stereocenters. The van der Waals surface area contributed by atoms with Crippen LogP contribution in [0, 0.1) is 10.1 Å². The predicted molar refractivity (Wildman–Crippen MR) is 132 cm³/mol. The number of thioether (sulfide) groups is 1. The summed E-state index contributed by atoms with van der Waals surface area (Å²) in [6, 6.07) is 21.3. The molecule has 1 aliphatic rings. The number of phenols is 1. The molecule has 1 N–H and O–H groups in total. The van der Waals surface area contributed by atoms with Crippen molar-refractivity contribution in [2.45, 2.75) is 13.0 Å². The van der Waals surface area contributed by atoms with Gasteiger partial charge in [0.2, 0.25) is 5.75 Å². The van der Waals surface area contributed by atoms with Crippen LogP contribution in [0.4, 0.5) is 11.4 Å². The molecule has 172 valence electrons. The summed E-state index contributed by atoms with van der Waals surface area (Å²) in [4.78, 5) is 30.8. The van der Waals surface area contributed by atoms with Crippen LogP contribution in [-0.2, 0) is 4.79 Å². The molecular weight excluding hydrogens is 454 g/mol. The lowest BCUT2D eigenvalue weighted by molar-refractivity contribution is -0.386. The molecule has 0 aliphatic carbocycles. The van der Waals surface area contributed by atoms with Gasteiger partial charge in [0, 0.05) is 6.07 Å². The Morgan fingerprint density at radius 2 is 1.76 bits per heavy atom. The van der Waals surface area contributed by atoms with E-state index in [4.69, 9.17) is 9.73 Å². The third-order valence-corrected chi connectivity index (χ3v) is 6.26. The molecular formula is C25H21N3O5S. The Balaban J connectivity index is 1.79. The first-order chi connectivity index (χ1) is 16.4. The smallest absolute Gasteiger partial charge is 0.315 e. The molecule has 1 saturated heterocycles. The number of aromatic hydroxyl groups is 1. The van der Waals surface area contributed by atoms with Gasteiger partial charge < -0.3 is 9.84 Å². The van der Waals surface area contributed by atoms with Gasteiger partial charge in [0.05, 0.1) is 28.7 Å². The molecule has 0 aromatic heterocycles. The van der Waals surface area contributed by atoms with E-state index < -0.39 is 16.4 Å². The van der Waals surface area contributed by atoms with Crippen LogP contribution >= 0.6 is 11.8 Å². The van der Waals surface area contributed by atoms with Crippen molar-refractivity contribution in [1.29, 1.82) is 0 Å². The number of carbonyl (C=O) groups is 1. The highest BCUT2D eigenvalue weighted by Gasteiger charge is 2.37. The first-order valence-electron chi connectivity index (χ1n) is 10.4. The summed E-state index contributed by atoms with van der Waals surface area (Å²) in [5.74, 6) is -0.888. The van der Waals surface area contributed by atoms with Gasteiger partial charge in [-0.05, 0) is 54.1 Å². The van der Waals surface area contributed by atoms with Crippen molar-refractivity contribution in [1.82, 2.24) is 4.90 Å². The van der Waals surface area contributed by atoms with E-state index in [0.29, 0.717) is 21.3 Å². The number of nitro benzene ring substituents is 1. The molecule has 3 aromatic carbocycles. The monoisotopic (exact) mass is 475 g/mol. The van der Waals surface area contributed by atoms with E-state index in [1.807, 2.05) is 67.6 Å². The van der Waals surface area contributed by atoms with Gasteiger partial charge in [0.25, 0.3) is 5.91 Å². The second-order valence-corrected chi connectivity index (χ2v) is 8.46. The fourth-order valence-corrected chi connectivity index (χ4v) is 4.61. The molecule has 3 aromatic rings. The van der Waals surface area contributed by atoms with Gasteiger partial charge in [-0.1, -0.05) is 48.5 Å². The lowest BCUT2D eigenvalue weighted by Gasteiger charge is -2.24. The number of phenolic OH excluding ortho intramolecular Hbond substituents is 1. The van der Waals surface area contributed by atoms with Gasteiger partial charge in [-0.15, -0.1) is 0 Å². The predicted octanol–water partition coefficient (Wildman–Crippen LogP) is 5.67. The summed E-state index contributed by atoms with van der Waals surface area (Å²) >= 11 is 1.19. The zero-order valence-corrected chi connectivity index (χ0v) is 19.2. The van der Waals surface area contributed by atoms with Crippen molar-refractivity contribution in [3.8, 4) is 11.5 Å². The minimum absolute atomic E-state index is 0.0517. The van der Waals surface area contributed by atoms with Crippen molar-refractivity contribution < 1.29 is 19.6 Å². The third-order valence-electron chi connectivity index (χ3n) is 5.28. The Morgan fingerprint density at radius 1 is 1.12 bits per heavy atom. The van der Waals surface area contributed by atoms with Gasteiger partial charge in [-0.3, -0.25) is 19.8 Å². The average molecular weight is 476 g/mol. The molecule has 1 heterocycles. The number of amidine groups is 1. The van der Waals surface area contributed by atoms with Crippen LogP contribution in [0.3, 0.4) is 0 Å². The van der Waals surface area contributed by atoms with E-state index in [-0.39, 0.29) is 17.7 Å². The Hall–Kier alpha value is -4.11. The Bertz CT molecular complexity index is 1290. The molecule has 1 aliphatic heterocycles. The first kappa shape index (κ1) is 23.1. The number of hydrogen-bond donors (Lipinski definition) is 1. The number of para-hydroxylation sites is 1. The highest BCUT2D eigenvalue weighted by molar-refractivity contribution is 8.18. The number of aliphatic imine (C=N–C) groups is 1. The van der Waals surface area contributed by atoms with Gasteiger partial charge >= 0.3 is 5.69 Å². The highest BCUT2D eigenvalue weighted by Crippen LogP contribution is 2.41. The van der Waals surface area contributed by atoms with Crippen LogP contribution < -0.4 is 4.74 Å². The normalized spacial score (nSPS) is 16.8. The number of hydrogen-bond acceptors (Lipinski definition) is 7. The number of rotatable bonds is 6. The van der Waals surface area contributed by atoms with Gasteiger partial charge in [-0.25, -0.2) is 4.99 Å². The number of methoxy groups -OCH3 is 1. The number of nitrogens with zero attached hydrogens (tertiary/aromatic N) is 3. The van der Waals surface area contributed by atoms with Crippen LogP contribution in [0.5, 0.6) is 11.5 Å². The van der Waals surface area contributed by atoms with Crippen molar-refractivity contribution >= 4 is 40.3 Å². The van der Waals surface area contributed by atoms with Crippen molar-refractivity contribution in [3.05, 3.63) is 98.9 Å². The summed E-state index contributed by atoms with van der Waals surface area (Å²) in [5, 5.41) is 21.9.